The summed E-state index contributed by atoms with van der Waals surface area (Å²) in [4.78, 5) is 5.75. The highest BCUT2D eigenvalue weighted by Gasteiger charge is 2.24. The summed E-state index contributed by atoms with van der Waals surface area (Å²) in [6, 6.07) is 10.5. The molecule has 0 bridgehead atoms. The molecule has 2 unspecified atom stereocenters. The summed E-state index contributed by atoms with van der Waals surface area (Å²) in [6.07, 6.45) is 2.30. The number of piperidine rings is 1. The highest BCUT2D eigenvalue weighted by molar-refractivity contribution is 7.98. The van der Waals surface area contributed by atoms with Crippen LogP contribution in [0.4, 0.5) is 0 Å². The van der Waals surface area contributed by atoms with Crippen LogP contribution >= 0.6 is 11.8 Å². The van der Waals surface area contributed by atoms with Crippen LogP contribution in [0.3, 0.4) is 0 Å². The fraction of sp³-hybridized carbons (Fsp3) is 0.467. The lowest BCUT2D eigenvalue weighted by Gasteiger charge is -2.25. The van der Waals surface area contributed by atoms with Gasteiger partial charge in [-0.3, -0.25) is 0 Å². The molecule has 0 aliphatic carbocycles. The largest absolute Gasteiger partial charge is 0.338 e. The third-order valence-electron chi connectivity index (χ3n) is 3.56. The molecule has 2 atom stereocenters. The predicted molar refractivity (Wildman–Crippen MR) is 79.4 cm³/mol. The number of benzene rings is 1. The number of nitrogens with zero attached hydrogens (tertiary/aromatic N) is 2. The molecule has 1 aromatic carbocycles. The molecule has 1 aliphatic heterocycles. The van der Waals surface area contributed by atoms with Crippen molar-refractivity contribution in [2.45, 2.75) is 36.5 Å². The molecule has 0 amide bonds. The zero-order valence-electron chi connectivity index (χ0n) is 11.6. The Morgan fingerprint density at radius 2 is 2.20 bits per heavy atom. The standard InChI is InChI=1S/C15H19N3OS/c1-11-7-8-16-13(9-11)15-17-14(18-19-15)10-20-12-5-3-2-4-6-12/h2-6,11,13,16H,7-10H2,1H3. The molecule has 3 rings (SSSR count). The summed E-state index contributed by atoms with van der Waals surface area (Å²) < 4.78 is 5.40. The van der Waals surface area contributed by atoms with Gasteiger partial charge in [0.1, 0.15) is 0 Å². The average Bonchev–Trinajstić information content (AvgIpc) is 2.95. The lowest BCUT2D eigenvalue weighted by Crippen LogP contribution is -2.30. The van der Waals surface area contributed by atoms with Crippen LogP contribution in [0.15, 0.2) is 39.8 Å². The zero-order valence-corrected chi connectivity index (χ0v) is 12.4. The Hall–Kier alpha value is -1.33. The molecule has 0 spiro atoms. The van der Waals surface area contributed by atoms with E-state index in [4.69, 9.17) is 4.52 Å². The minimum Gasteiger partial charge on any atom is -0.338 e. The summed E-state index contributed by atoms with van der Waals surface area (Å²) in [7, 11) is 0. The van der Waals surface area contributed by atoms with Gasteiger partial charge in [-0.25, -0.2) is 0 Å². The molecule has 1 aromatic heterocycles. The van der Waals surface area contributed by atoms with E-state index in [9.17, 15) is 0 Å². The van der Waals surface area contributed by atoms with Gasteiger partial charge >= 0.3 is 0 Å². The summed E-state index contributed by atoms with van der Waals surface area (Å²) in [5.41, 5.74) is 0. The second kappa shape index (κ2) is 6.41. The third kappa shape index (κ3) is 3.41. The quantitative estimate of drug-likeness (QED) is 0.874. The summed E-state index contributed by atoms with van der Waals surface area (Å²) >= 11 is 1.73. The maximum atomic E-state index is 5.40. The molecule has 106 valence electrons. The van der Waals surface area contributed by atoms with Crippen molar-refractivity contribution in [3.05, 3.63) is 42.0 Å². The van der Waals surface area contributed by atoms with Gasteiger partial charge in [0.05, 0.1) is 11.8 Å². The van der Waals surface area contributed by atoms with E-state index in [0.717, 1.165) is 36.4 Å². The molecule has 0 radical (unpaired) electrons. The summed E-state index contributed by atoms with van der Waals surface area (Å²) in [6.45, 7) is 3.30. The van der Waals surface area contributed by atoms with Gasteiger partial charge in [0.15, 0.2) is 5.82 Å². The van der Waals surface area contributed by atoms with E-state index < -0.39 is 0 Å². The highest BCUT2D eigenvalue weighted by atomic mass is 32.2. The van der Waals surface area contributed by atoms with Gasteiger partial charge in [-0.1, -0.05) is 30.3 Å². The molecule has 1 aliphatic rings. The van der Waals surface area contributed by atoms with Crippen LogP contribution in [-0.4, -0.2) is 16.7 Å². The fourth-order valence-electron chi connectivity index (χ4n) is 2.43. The molecule has 1 saturated heterocycles. The first kappa shape index (κ1) is 13.6. The highest BCUT2D eigenvalue weighted by Crippen LogP contribution is 2.27. The minimum absolute atomic E-state index is 0.224. The normalized spacial score (nSPS) is 22.9. The van der Waals surface area contributed by atoms with Gasteiger partial charge < -0.3 is 9.84 Å². The van der Waals surface area contributed by atoms with Gasteiger partial charge in [-0.15, -0.1) is 11.8 Å². The lowest BCUT2D eigenvalue weighted by atomic mass is 9.94. The summed E-state index contributed by atoms with van der Waals surface area (Å²) in [5.74, 6) is 2.97. The van der Waals surface area contributed by atoms with Gasteiger partial charge in [0.25, 0.3) is 0 Å². The van der Waals surface area contributed by atoms with Crippen LogP contribution in [0.2, 0.25) is 0 Å². The van der Waals surface area contributed by atoms with Crippen molar-refractivity contribution in [1.29, 1.82) is 0 Å². The van der Waals surface area contributed by atoms with E-state index in [2.05, 4.69) is 34.5 Å². The van der Waals surface area contributed by atoms with Crippen LogP contribution < -0.4 is 5.32 Å². The molecule has 2 aromatic rings. The average molecular weight is 289 g/mol. The van der Waals surface area contributed by atoms with Crippen LogP contribution in [0.5, 0.6) is 0 Å². The van der Waals surface area contributed by atoms with Crippen molar-refractivity contribution in [3.8, 4) is 0 Å². The molecule has 5 heteroatoms. The van der Waals surface area contributed by atoms with Crippen LogP contribution in [-0.2, 0) is 5.75 Å². The molecule has 2 heterocycles. The number of rotatable bonds is 4. The summed E-state index contributed by atoms with van der Waals surface area (Å²) in [5, 5.41) is 7.53. The molecular formula is C15H19N3OS. The molecular weight excluding hydrogens is 270 g/mol. The Kier molecular flexibility index (Phi) is 4.38. The molecule has 0 saturated carbocycles. The Balaban J connectivity index is 1.59. The Bertz CT molecular complexity index is 543. The van der Waals surface area contributed by atoms with Crippen LogP contribution in [0.25, 0.3) is 0 Å². The van der Waals surface area contributed by atoms with E-state index in [0.29, 0.717) is 0 Å². The second-order valence-corrected chi connectivity index (χ2v) is 6.34. The van der Waals surface area contributed by atoms with Crippen molar-refractivity contribution in [2.75, 3.05) is 6.54 Å². The topological polar surface area (TPSA) is 51.0 Å². The molecule has 1 N–H and O–H groups in total. The minimum atomic E-state index is 0.224. The number of thioether (sulfide) groups is 1. The predicted octanol–water partition coefficient (Wildman–Crippen LogP) is 3.42. The van der Waals surface area contributed by atoms with Crippen molar-refractivity contribution in [3.63, 3.8) is 0 Å². The Morgan fingerprint density at radius 1 is 1.35 bits per heavy atom. The van der Waals surface area contributed by atoms with Crippen LogP contribution in [0, 0.1) is 5.92 Å². The fourth-order valence-corrected chi connectivity index (χ4v) is 3.19. The van der Waals surface area contributed by atoms with Gasteiger partial charge in [0.2, 0.25) is 5.89 Å². The second-order valence-electron chi connectivity index (χ2n) is 5.29. The first-order valence-corrected chi connectivity index (χ1v) is 8.03. The zero-order chi connectivity index (χ0) is 13.8. The SMILES string of the molecule is CC1CCNC(c2nc(CSc3ccccc3)no2)C1. The third-order valence-corrected chi connectivity index (χ3v) is 4.57. The van der Waals surface area contributed by atoms with E-state index in [1.54, 1.807) is 11.8 Å². The molecule has 1 fully saturated rings. The molecule has 20 heavy (non-hydrogen) atoms. The van der Waals surface area contributed by atoms with E-state index in [1.807, 2.05) is 18.2 Å². The Morgan fingerprint density at radius 3 is 3.00 bits per heavy atom. The van der Waals surface area contributed by atoms with Crippen molar-refractivity contribution in [2.24, 2.45) is 5.92 Å². The van der Waals surface area contributed by atoms with E-state index in [-0.39, 0.29) is 6.04 Å². The van der Waals surface area contributed by atoms with Crippen molar-refractivity contribution >= 4 is 11.8 Å². The molecule has 4 nitrogen and oxygen atoms in total. The first-order chi connectivity index (χ1) is 9.81. The van der Waals surface area contributed by atoms with Gasteiger partial charge in [-0.05, 0) is 37.4 Å². The van der Waals surface area contributed by atoms with E-state index in [1.165, 1.54) is 11.3 Å². The Labute approximate surface area is 123 Å². The monoisotopic (exact) mass is 289 g/mol. The number of nitrogens with one attached hydrogen (secondary N) is 1. The number of hydrogen-bond donors (Lipinski definition) is 1. The first-order valence-electron chi connectivity index (χ1n) is 7.05. The van der Waals surface area contributed by atoms with Crippen molar-refractivity contribution in [1.82, 2.24) is 15.5 Å². The van der Waals surface area contributed by atoms with E-state index >= 15 is 0 Å². The van der Waals surface area contributed by atoms with Crippen LogP contribution in [0.1, 0.15) is 37.5 Å². The number of hydrogen-bond acceptors (Lipinski definition) is 5. The number of aromatic nitrogens is 2. The maximum Gasteiger partial charge on any atom is 0.243 e. The maximum absolute atomic E-state index is 5.40. The van der Waals surface area contributed by atoms with Crippen molar-refractivity contribution < 1.29 is 4.52 Å². The van der Waals surface area contributed by atoms with Gasteiger partial charge in [0, 0.05) is 4.90 Å². The van der Waals surface area contributed by atoms with Gasteiger partial charge in [-0.2, -0.15) is 4.98 Å². The lowest BCUT2D eigenvalue weighted by molar-refractivity contribution is 0.259. The smallest absolute Gasteiger partial charge is 0.243 e.